The molecule has 2 rings (SSSR count). The summed E-state index contributed by atoms with van der Waals surface area (Å²) >= 11 is 4.00. The minimum Gasteiger partial charge on any atom is -0.477 e. The molecule has 0 radical (unpaired) electrons. The summed E-state index contributed by atoms with van der Waals surface area (Å²) in [6.07, 6.45) is 0. The Labute approximate surface area is 164 Å². The smallest absolute Gasteiger partial charge is 0.352 e. The molecule has 27 heavy (non-hydrogen) atoms. The lowest BCUT2D eigenvalue weighted by Crippen LogP contribution is -2.71. The van der Waals surface area contributed by atoms with E-state index >= 15 is 0 Å². The quantitative estimate of drug-likeness (QED) is 0.0823. The van der Waals surface area contributed by atoms with E-state index in [1.807, 2.05) is 0 Å². The Morgan fingerprint density at radius 3 is 2.59 bits per heavy atom. The van der Waals surface area contributed by atoms with Gasteiger partial charge < -0.3 is 20.4 Å². The van der Waals surface area contributed by atoms with Crippen molar-refractivity contribution in [3.05, 3.63) is 11.3 Å². The van der Waals surface area contributed by atoms with E-state index in [-0.39, 0.29) is 29.0 Å². The Bertz CT molecular complexity index is 780. The molecule has 2 heterocycles. The number of carboxylic acid groups (broad SMARTS) is 1. The Morgan fingerprint density at radius 2 is 2.07 bits per heavy atom. The fourth-order valence-electron chi connectivity index (χ4n) is 2.48. The largest absolute Gasteiger partial charge is 0.477 e. The zero-order valence-electron chi connectivity index (χ0n) is 13.8. The molecule has 13 heteroatoms. The van der Waals surface area contributed by atoms with E-state index < -0.39 is 46.7 Å². The number of hydrogen-bond acceptors (Lipinski definition) is 9. The highest BCUT2D eigenvalue weighted by atomic mass is 79.9. The van der Waals surface area contributed by atoms with Gasteiger partial charge >= 0.3 is 11.9 Å². The first kappa shape index (κ1) is 20.9. The first-order valence-electron chi connectivity index (χ1n) is 7.38. The van der Waals surface area contributed by atoms with Crippen LogP contribution in [0.5, 0.6) is 0 Å². The van der Waals surface area contributed by atoms with E-state index in [2.05, 4.69) is 26.4 Å². The number of nitrogens with zero attached hydrogens (tertiary/aromatic N) is 2. The number of Topliss-reactive ketones (excluding diaryl/α,β-unsaturated/α-hetero) is 1. The number of halogens is 1. The lowest BCUT2D eigenvalue weighted by atomic mass is 10.0. The second-order valence-electron chi connectivity index (χ2n) is 5.40. The number of fused-ring (bicyclic) bond motifs is 1. The van der Waals surface area contributed by atoms with Crippen molar-refractivity contribution in [1.82, 2.24) is 10.2 Å². The fraction of sp³-hybridized carbons (Fsp3) is 0.429. The van der Waals surface area contributed by atoms with Crippen LogP contribution < -0.4 is 5.32 Å². The third-order valence-electron chi connectivity index (χ3n) is 3.69. The van der Waals surface area contributed by atoms with Crippen molar-refractivity contribution < 1.29 is 39.0 Å². The molecule has 0 aliphatic carbocycles. The SMILES string of the molecule is CC(=O)OCC1=C(C(=O)O)N2C(=O)C(NC(=O)C(=NO)C(=O)CBr)[C@@H]2SC1. The lowest BCUT2D eigenvalue weighted by molar-refractivity contribution is -0.150. The summed E-state index contributed by atoms with van der Waals surface area (Å²) in [6, 6.07) is -1.09. The van der Waals surface area contributed by atoms with Gasteiger partial charge in [0.25, 0.3) is 11.8 Å². The minimum absolute atomic E-state index is 0.164. The zero-order valence-corrected chi connectivity index (χ0v) is 16.2. The molecule has 0 saturated carbocycles. The Balaban J connectivity index is 2.17. The maximum absolute atomic E-state index is 12.4. The molecule has 2 aliphatic rings. The fourth-order valence-corrected chi connectivity index (χ4v) is 4.08. The Kier molecular flexibility index (Phi) is 6.59. The van der Waals surface area contributed by atoms with Gasteiger partial charge in [-0.05, 0) is 0 Å². The van der Waals surface area contributed by atoms with E-state index in [1.54, 1.807) is 0 Å². The monoisotopic (exact) mass is 463 g/mol. The predicted molar refractivity (Wildman–Crippen MR) is 94.3 cm³/mol. The third kappa shape index (κ3) is 4.13. The molecule has 1 saturated heterocycles. The van der Waals surface area contributed by atoms with Crippen molar-refractivity contribution in [1.29, 1.82) is 0 Å². The van der Waals surface area contributed by atoms with Crippen LogP contribution in [0.2, 0.25) is 0 Å². The molecule has 0 aromatic rings. The summed E-state index contributed by atoms with van der Waals surface area (Å²) in [5.74, 6) is -4.34. The van der Waals surface area contributed by atoms with Gasteiger partial charge in [-0.1, -0.05) is 21.1 Å². The molecule has 2 amide bonds. The van der Waals surface area contributed by atoms with Crippen molar-refractivity contribution in [3.63, 3.8) is 0 Å². The minimum atomic E-state index is -1.37. The van der Waals surface area contributed by atoms with Crippen molar-refractivity contribution in [3.8, 4) is 0 Å². The van der Waals surface area contributed by atoms with Gasteiger partial charge in [0.2, 0.25) is 11.5 Å². The van der Waals surface area contributed by atoms with Crippen LogP contribution in [0.3, 0.4) is 0 Å². The number of alkyl halides is 1. The zero-order chi connectivity index (χ0) is 20.3. The van der Waals surface area contributed by atoms with E-state index in [9.17, 15) is 29.1 Å². The molecule has 0 spiro atoms. The molecule has 1 fully saturated rings. The number of aliphatic carboxylic acids is 1. The molecule has 2 atom stereocenters. The normalized spacial score (nSPS) is 21.9. The first-order chi connectivity index (χ1) is 12.7. The summed E-state index contributed by atoms with van der Waals surface area (Å²) < 4.78 is 4.81. The van der Waals surface area contributed by atoms with E-state index in [1.165, 1.54) is 6.92 Å². The number of ketones is 1. The van der Waals surface area contributed by atoms with Gasteiger partial charge in [0.05, 0.1) is 5.33 Å². The summed E-state index contributed by atoms with van der Waals surface area (Å²) in [5, 5.41) is 22.2. The van der Waals surface area contributed by atoms with Crippen LogP contribution >= 0.6 is 27.7 Å². The topological polar surface area (TPSA) is 163 Å². The summed E-state index contributed by atoms with van der Waals surface area (Å²) in [5.41, 5.74) is -0.823. The molecule has 0 aromatic carbocycles. The van der Waals surface area contributed by atoms with Crippen LogP contribution in [-0.2, 0) is 28.7 Å². The van der Waals surface area contributed by atoms with Crippen LogP contribution in [0.25, 0.3) is 0 Å². The predicted octanol–water partition coefficient (Wildman–Crippen LogP) is -0.918. The summed E-state index contributed by atoms with van der Waals surface area (Å²) in [4.78, 5) is 59.4. The molecular weight excluding hydrogens is 450 g/mol. The molecular formula is C14H14BrN3O8S. The van der Waals surface area contributed by atoms with Gasteiger partial charge in [-0.3, -0.25) is 24.1 Å². The van der Waals surface area contributed by atoms with Crippen molar-refractivity contribution in [2.45, 2.75) is 18.3 Å². The molecule has 2 aliphatic heterocycles. The average Bonchev–Trinajstić information content (AvgIpc) is 2.63. The summed E-state index contributed by atoms with van der Waals surface area (Å²) in [7, 11) is 0. The number of carboxylic acids is 1. The van der Waals surface area contributed by atoms with Gasteiger partial charge in [-0.2, -0.15) is 0 Å². The van der Waals surface area contributed by atoms with Gasteiger partial charge in [0.15, 0.2) is 0 Å². The highest BCUT2D eigenvalue weighted by Crippen LogP contribution is 2.40. The highest BCUT2D eigenvalue weighted by molar-refractivity contribution is 9.09. The van der Waals surface area contributed by atoms with Crippen molar-refractivity contribution >= 4 is 62.9 Å². The number of β-lactam (4-membered cyclic amide) rings is 1. The molecule has 146 valence electrons. The van der Waals surface area contributed by atoms with Crippen LogP contribution in [0.15, 0.2) is 16.4 Å². The highest BCUT2D eigenvalue weighted by Gasteiger charge is 2.54. The number of amides is 2. The van der Waals surface area contributed by atoms with Crippen LogP contribution in [0.1, 0.15) is 6.92 Å². The second-order valence-corrected chi connectivity index (χ2v) is 7.07. The standard InChI is InChI=1S/C14H14BrN3O8S/c1-5(19)26-3-6-4-27-13-9(12(22)18(13)10(6)14(23)24)16-11(21)8(17-25)7(20)2-15/h9,13,25H,2-4H2,1H3,(H,16,21)(H,23,24)/t9?,13-/m0/s1. The van der Waals surface area contributed by atoms with Gasteiger partial charge in [0.1, 0.15) is 23.7 Å². The number of thioether (sulfide) groups is 1. The number of ether oxygens (including phenoxy) is 1. The van der Waals surface area contributed by atoms with Crippen LogP contribution in [0, 0.1) is 0 Å². The Hall–Kier alpha value is -2.41. The molecule has 0 bridgehead atoms. The van der Waals surface area contributed by atoms with Crippen LogP contribution in [-0.4, -0.2) is 79.6 Å². The first-order valence-corrected chi connectivity index (χ1v) is 9.55. The van der Waals surface area contributed by atoms with Crippen molar-refractivity contribution in [2.75, 3.05) is 17.7 Å². The molecule has 0 aromatic heterocycles. The van der Waals surface area contributed by atoms with E-state index in [4.69, 9.17) is 9.94 Å². The Morgan fingerprint density at radius 1 is 1.41 bits per heavy atom. The number of esters is 1. The number of carbonyl (C=O) groups excluding carboxylic acids is 4. The number of rotatable bonds is 7. The van der Waals surface area contributed by atoms with Gasteiger partial charge in [-0.25, -0.2) is 4.79 Å². The van der Waals surface area contributed by atoms with Crippen molar-refractivity contribution in [2.24, 2.45) is 5.16 Å². The van der Waals surface area contributed by atoms with E-state index in [0.717, 1.165) is 16.7 Å². The summed E-state index contributed by atoms with van der Waals surface area (Å²) in [6.45, 7) is 0.910. The number of nitrogens with one attached hydrogen (secondary N) is 1. The van der Waals surface area contributed by atoms with Gasteiger partial charge in [0, 0.05) is 18.2 Å². The third-order valence-corrected chi connectivity index (χ3v) is 5.54. The molecule has 11 nitrogen and oxygen atoms in total. The second kappa shape index (κ2) is 8.52. The lowest BCUT2D eigenvalue weighted by Gasteiger charge is -2.49. The number of hydrogen-bond donors (Lipinski definition) is 3. The van der Waals surface area contributed by atoms with Gasteiger partial charge in [-0.15, -0.1) is 11.8 Å². The van der Waals surface area contributed by atoms with Crippen LogP contribution in [0.4, 0.5) is 0 Å². The number of carbonyl (C=O) groups is 5. The van der Waals surface area contributed by atoms with E-state index in [0.29, 0.717) is 0 Å². The maximum atomic E-state index is 12.4. The average molecular weight is 464 g/mol. The number of oxime groups is 1. The molecule has 3 N–H and O–H groups in total. The molecule has 1 unspecified atom stereocenters. The maximum Gasteiger partial charge on any atom is 0.352 e.